The lowest BCUT2D eigenvalue weighted by atomic mass is 9.79. The van der Waals surface area contributed by atoms with Crippen LogP contribution in [0.3, 0.4) is 0 Å². The molecule has 2 aliphatic rings. The molecule has 1 aromatic heterocycles. The Bertz CT molecular complexity index is 515. The van der Waals surface area contributed by atoms with Gasteiger partial charge in [0, 0.05) is 24.0 Å². The van der Waals surface area contributed by atoms with Gasteiger partial charge in [-0.3, -0.25) is 4.98 Å². The summed E-state index contributed by atoms with van der Waals surface area (Å²) in [5.74, 6) is 0. The van der Waals surface area contributed by atoms with E-state index in [-0.39, 0.29) is 5.41 Å². The lowest BCUT2D eigenvalue weighted by Crippen LogP contribution is -2.42. The van der Waals surface area contributed by atoms with Gasteiger partial charge in [0.1, 0.15) is 0 Å². The largest absolute Gasteiger partial charge is 0.311 e. The van der Waals surface area contributed by atoms with E-state index in [2.05, 4.69) is 38.4 Å². The summed E-state index contributed by atoms with van der Waals surface area (Å²) in [6, 6.07) is 3.90. The molecular weight excluding hydrogens is 280 g/mol. The predicted molar refractivity (Wildman–Crippen MR) is 98.0 cm³/mol. The molecular formula is C21H34N2. The first kappa shape index (κ1) is 17.0. The molecule has 1 aromatic rings. The van der Waals surface area contributed by atoms with Crippen LogP contribution in [0.4, 0.5) is 0 Å². The average Bonchev–Trinajstić information content (AvgIpc) is 2.55. The summed E-state index contributed by atoms with van der Waals surface area (Å²) in [4.78, 5) is 4.82. The van der Waals surface area contributed by atoms with Crippen LogP contribution < -0.4 is 5.32 Å². The molecule has 1 saturated carbocycles. The predicted octanol–water partition coefficient (Wildman–Crippen LogP) is 4.94. The lowest BCUT2D eigenvalue weighted by molar-refractivity contribution is 0.319. The fourth-order valence-electron chi connectivity index (χ4n) is 4.50. The molecule has 128 valence electrons. The molecule has 1 unspecified atom stereocenters. The number of fused-ring (bicyclic) bond motifs is 1. The number of aryl methyl sites for hydroxylation is 1. The van der Waals surface area contributed by atoms with Gasteiger partial charge in [0.05, 0.1) is 0 Å². The number of aromatic nitrogens is 1. The SMILES string of the molecule is CCCC(C)(C)c1cnc2c(c1)CC(NC1CCCCC1)CC2. The third-order valence-electron chi connectivity index (χ3n) is 5.99. The highest BCUT2D eigenvalue weighted by atomic mass is 15.0. The minimum absolute atomic E-state index is 0.251. The van der Waals surface area contributed by atoms with Crippen LogP contribution in [0, 0.1) is 0 Å². The van der Waals surface area contributed by atoms with Crippen LogP contribution in [0.2, 0.25) is 0 Å². The molecule has 23 heavy (non-hydrogen) atoms. The molecule has 2 aliphatic carbocycles. The second-order valence-corrected chi connectivity index (χ2v) is 8.41. The summed E-state index contributed by atoms with van der Waals surface area (Å²) in [5, 5.41) is 3.95. The molecule has 1 fully saturated rings. The zero-order chi connectivity index (χ0) is 16.3. The van der Waals surface area contributed by atoms with Crippen molar-refractivity contribution < 1.29 is 0 Å². The number of hydrogen-bond donors (Lipinski definition) is 1. The Morgan fingerprint density at radius 2 is 1.91 bits per heavy atom. The molecule has 1 atom stereocenters. The number of pyridine rings is 1. The smallest absolute Gasteiger partial charge is 0.0436 e. The highest BCUT2D eigenvalue weighted by Crippen LogP contribution is 2.31. The molecule has 2 nitrogen and oxygen atoms in total. The lowest BCUT2D eigenvalue weighted by Gasteiger charge is -2.32. The van der Waals surface area contributed by atoms with Crippen LogP contribution in [0.1, 0.15) is 89.0 Å². The van der Waals surface area contributed by atoms with Gasteiger partial charge in [-0.1, -0.05) is 52.5 Å². The monoisotopic (exact) mass is 314 g/mol. The Hall–Kier alpha value is -0.890. The van der Waals surface area contributed by atoms with Crippen molar-refractivity contribution in [3.63, 3.8) is 0 Å². The fourth-order valence-corrected chi connectivity index (χ4v) is 4.50. The van der Waals surface area contributed by atoms with E-state index < -0.39 is 0 Å². The van der Waals surface area contributed by atoms with Gasteiger partial charge in [-0.2, -0.15) is 0 Å². The van der Waals surface area contributed by atoms with Crippen LogP contribution in [0.25, 0.3) is 0 Å². The summed E-state index contributed by atoms with van der Waals surface area (Å²) in [7, 11) is 0. The minimum Gasteiger partial charge on any atom is -0.311 e. The van der Waals surface area contributed by atoms with E-state index in [4.69, 9.17) is 4.98 Å². The maximum Gasteiger partial charge on any atom is 0.0436 e. The number of rotatable bonds is 5. The molecule has 3 rings (SSSR count). The summed E-state index contributed by atoms with van der Waals surface area (Å²) >= 11 is 0. The standard InChI is InChI=1S/C21H34N2/c1-4-12-21(2,3)17-13-16-14-19(10-11-20(16)22-15-17)23-18-8-6-5-7-9-18/h13,15,18-19,23H,4-12,14H2,1-3H3. The zero-order valence-corrected chi connectivity index (χ0v) is 15.3. The second kappa shape index (κ2) is 7.34. The zero-order valence-electron chi connectivity index (χ0n) is 15.3. The quantitative estimate of drug-likeness (QED) is 0.832. The molecule has 0 aliphatic heterocycles. The molecule has 1 heterocycles. The number of hydrogen-bond acceptors (Lipinski definition) is 2. The Morgan fingerprint density at radius 1 is 1.13 bits per heavy atom. The van der Waals surface area contributed by atoms with Crippen molar-refractivity contribution in [1.29, 1.82) is 0 Å². The first-order valence-corrected chi connectivity index (χ1v) is 9.83. The van der Waals surface area contributed by atoms with E-state index >= 15 is 0 Å². The first-order chi connectivity index (χ1) is 11.1. The van der Waals surface area contributed by atoms with E-state index in [1.54, 1.807) is 0 Å². The number of nitrogens with one attached hydrogen (secondary N) is 1. The Kier molecular flexibility index (Phi) is 5.41. The number of nitrogens with zero attached hydrogens (tertiary/aromatic N) is 1. The van der Waals surface area contributed by atoms with Crippen LogP contribution in [-0.2, 0) is 18.3 Å². The molecule has 0 radical (unpaired) electrons. The Balaban J connectivity index is 1.68. The van der Waals surface area contributed by atoms with E-state index in [0.29, 0.717) is 6.04 Å². The third-order valence-corrected chi connectivity index (χ3v) is 5.99. The van der Waals surface area contributed by atoms with Gasteiger partial charge in [0.2, 0.25) is 0 Å². The minimum atomic E-state index is 0.251. The second-order valence-electron chi connectivity index (χ2n) is 8.41. The molecule has 0 aromatic carbocycles. The van der Waals surface area contributed by atoms with Crippen molar-refractivity contribution in [3.8, 4) is 0 Å². The average molecular weight is 315 g/mol. The van der Waals surface area contributed by atoms with Gasteiger partial charge in [0.25, 0.3) is 0 Å². The summed E-state index contributed by atoms with van der Waals surface area (Å²) in [6.07, 6.45) is 15.2. The van der Waals surface area contributed by atoms with Gasteiger partial charge < -0.3 is 5.32 Å². The molecule has 0 bridgehead atoms. The van der Waals surface area contributed by atoms with E-state index in [1.807, 2.05) is 0 Å². The van der Waals surface area contributed by atoms with Crippen LogP contribution in [0.5, 0.6) is 0 Å². The molecule has 0 spiro atoms. The fraction of sp³-hybridized carbons (Fsp3) is 0.762. The van der Waals surface area contributed by atoms with Crippen molar-refractivity contribution >= 4 is 0 Å². The van der Waals surface area contributed by atoms with E-state index in [9.17, 15) is 0 Å². The van der Waals surface area contributed by atoms with Crippen molar-refractivity contribution in [2.45, 2.75) is 102 Å². The van der Waals surface area contributed by atoms with Gasteiger partial charge in [-0.05, 0) is 55.1 Å². The topological polar surface area (TPSA) is 24.9 Å². The Morgan fingerprint density at radius 3 is 2.65 bits per heavy atom. The van der Waals surface area contributed by atoms with Gasteiger partial charge >= 0.3 is 0 Å². The van der Waals surface area contributed by atoms with Crippen molar-refractivity contribution in [3.05, 3.63) is 29.1 Å². The molecule has 1 N–H and O–H groups in total. The van der Waals surface area contributed by atoms with Crippen molar-refractivity contribution in [2.75, 3.05) is 0 Å². The summed E-state index contributed by atoms with van der Waals surface area (Å²) in [6.45, 7) is 7.00. The molecule has 0 amide bonds. The van der Waals surface area contributed by atoms with Gasteiger partial charge in [-0.15, -0.1) is 0 Å². The molecule has 2 heteroatoms. The summed E-state index contributed by atoms with van der Waals surface area (Å²) in [5.41, 5.74) is 4.53. The van der Waals surface area contributed by atoms with Crippen LogP contribution in [-0.4, -0.2) is 17.1 Å². The van der Waals surface area contributed by atoms with Gasteiger partial charge in [-0.25, -0.2) is 0 Å². The maximum absolute atomic E-state index is 4.82. The van der Waals surface area contributed by atoms with Crippen molar-refractivity contribution in [2.24, 2.45) is 0 Å². The first-order valence-electron chi connectivity index (χ1n) is 9.83. The van der Waals surface area contributed by atoms with Crippen molar-refractivity contribution in [1.82, 2.24) is 10.3 Å². The van der Waals surface area contributed by atoms with Gasteiger partial charge in [0.15, 0.2) is 0 Å². The normalized spacial score (nSPS) is 22.8. The third kappa shape index (κ3) is 4.15. The Labute approximate surface area is 142 Å². The molecule has 0 saturated heterocycles. The maximum atomic E-state index is 4.82. The van der Waals surface area contributed by atoms with Crippen LogP contribution >= 0.6 is 0 Å². The highest BCUT2D eigenvalue weighted by molar-refractivity contribution is 5.32. The van der Waals surface area contributed by atoms with E-state index in [1.165, 1.54) is 74.6 Å². The summed E-state index contributed by atoms with van der Waals surface area (Å²) < 4.78 is 0. The van der Waals surface area contributed by atoms with E-state index in [0.717, 1.165) is 12.5 Å². The highest BCUT2D eigenvalue weighted by Gasteiger charge is 2.26. The van der Waals surface area contributed by atoms with Crippen LogP contribution in [0.15, 0.2) is 12.3 Å².